The Hall–Kier alpha value is -2.00. The van der Waals surface area contributed by atoms with Gasteiger partial charge in [0, 0.05) is 17.5 Å². The lowest BCUT2D eigenvalue weighted by Gasteiger charge is -2.35. The Morgan fingerprint density at radius 1 is 1.21 bits per heavy atom. The number of fused-ring (bicyclic) bond motifs is 1. The van der Waals surface area contributed by atoms with Crippen molar-refractivity contribution in [3.8, 4) is 0 Å². The van der Waals surface area contributed by atoms with Gasteiger partial charge in [-0.25, -0.2) is 18.1 Å². The average molecular weight is 420 g/mol. The maximum Gasteiger partial charge on any atom is 0.253 e. The van der Waals surface area contributed by atoms with E-state index in [4.69, 9.17) is 0 Å². The number of rotatable bonds is 4. The number of piperidine rings is 1. The van der Waals surface area contributed by atoms with E-state index >= 15 is 0 Å². The minimum atomic E-state index is -3.16. The number of aryl methyl sites for hydroxylation is 1. The molecule has 2 unspecified atom stereocenters. The molecule has 158 valence electrons. The zero-order valence-corrected chi connectivity index (χ0v) is 18.1. The van der Waals surface area contributed by atoms with Crippen LogP contribution in [-0.4, -0.2) is 70.7 Å². The van der Waals surface area contributed by atoms with E-state index in [1.165, 1.54) is 6.42 Å². The van der Waals surface area contributed by atoms with Crippen LogP contribution in [0, 0.1) is 6.92 Å². The summed E-state index contributed by atoms with van der Waals surface area (Å²) in [6.45, 7) is 7.66. The van der Waals surface area contributed by atoms with Gasteiger partial charge < -0.3 is 5.32 Å². The van der Waals surface area contributed by atoms with Crippen molar-refractivity contribution < 1.29 is 13.2 Å². The van der Waals surface area contributed by atoms with Crippen molar-refractivity contribution in [2.75, 3.05) is 24.6 Å². The van der Waals surface area contributed by atoms with E-state index in [2.05, 4.69) is 20.3 Å². The van der Waals surface area contributed by atoms with Crippen molar-refractivity contribution in [3.05, 3.63) is 23.5 Å². The van der Waals surface area contributed by atoms with Gasteiger partial charge in [-0.3, -0.25) is 9.69 Å². The van der Waals surface area contributed by atoms with Crippen molar-refractivity contribution in [2.24, 2.45) is 0 Å². The van der Waals surface area contributed by atoms with Crippen molar-refractivity contribution in [1.29, 1.82) is 0 Å². The third-order valence-electron chi connectivity index (χ3n) is 5.99. The first-order valence-corrected chi connectivity index (χ1v) is 12.2. The number of aromatic nitrogens is 3. The molecule has 4 heterocycles. The number of hydrogen-bond acceptors (Lipinski definition) is 6. The second-order valence-electron chi connectivity index (χ2n) is 8.54. The van der Waals surface area contributed by atoms with Crippen LogP contribution in [0.15, 0.2) is 12.3 Å². The van der Waals surface area contributed by atoms with Crippen molar-refractivity contribution in [1.82, 2.24) is 25.0 Å². The summed E-state index contributed by atoms with van der Waals surface area (Å²) in [6.07, 6.45) is 5.06. The van der Waals surface area contributed by atoms with Crippen molar-refractivity contribution in [3.63, 3.8) is 0 Å². The highest BCUT2D eigenvalue weighted by molar-refractivity contribution is 7.91. The zero-order valence-electron chi connectivity index (χ0n) is 17.3. The minimum Gasteiger partial charge on any atom is -0.347 e. The third kappa shape index (κ3) is 4.02. The Balaban J connectivity index is 1.58. The number of carbonyl (C=O) groups is 1. The average Bonchev–Trinajstić information content (AvgIpc) is 3.21. The van der Waals surface area contributed by atoms with Gasteiger partial charge in [0.1, 0.15) is 0 Å². The molecule has 2 atom stereocenters. The molecule has 29 heavy (non-hydrogen) atoms. The van der Waals surface area contributed by atoms with Crippen molar-refractivity contribution in [2.45, 2.75) is 58.2 Å². The molecule has 2 aromatic heterocycles. The van der Waals surface area contributed by atoms with Gasteiger partial charge >= 0.3 is 0 Å². The highest BCUT2D eigenvalue weighted by Gasteiger charge is 2.42. The number of likely N-dealkylation sites (tertiary alicyclic amines) is 1. The molecule has 0 bridgehead atoms. The lowest BCUT2D eigenvalue weighted by Crippen LogP contribution is -2.52. The lowest BCUT2D eigenvalue weighted by molar-refractivity contribution is 0.0899. The van der Waals surface area contributed by atoms with Gasteiger partial charge in [0.2, 0.25) is 0 Å². The molecule has 0 spiro atoms. The van der Waals surface area contributed by atoms with Gasteiger partial charge in [0.25, 0.3) is 5.91 Å². The first kappa shape index (κ1) is 20.3. The summed E-state index contributed by atoms with van der Waals surface area (Å²) in [5.74, 6) is -0.145. The smallest absolute Gasteiger partial charge is 0.253 e. The van der Waals surface area contributed by atoms with Crippen LogP contribution in [0.1, 0.15) is 55.2 Å². The molecule has 0 saturated carbocycles. The monoisotopic (exact) mass is 419 g/mol. The summed E-state index contributed by atoms with van der Waals surface area (Å²) in [5, 5.41) is 8.18. The number of sulfone groups is 1. The molecule has 0 aromatic carbocycles. The van der Waals surface area contributed by atoms with Gasteiger partial charge in [-0.05, 0) is 52.8 Å². The number of amides is 1. The van der Waals surface area contributed by atoms with Crippen LogP contribution in [0.3, 0.4) is 0 Å². The predicted molar refractivity (Wildman–Crippen MR) is 112 cm³/mol. The largest absolute Gasteiger partial charge is 0.347 e. The molecule has 2 aliphatic heterocycles. The predicted octanol–water partition coefficient (Wildman–Crippen LogP) is 1.70. The Bertz CT molecular complexity index is 1020. The van der Waals surface area contributed by atoms with Crippen LogP contribution in [0.2, 0.25) is 0 Å². The molecule has 2 fully saturated rings. The first-order valence-electron chi connectivity index (χ1n) is 10.4. The van der Waals surface area contributed by atoms with E-state index in [0.717, 1.165) is 37.0 Å². The van der Waals surface area contributed by atoms with E-state index in [1.807, 2.05) is 18.5 Å². The summed E-state index contributed by atoms with van der Waals surface area (Å²) < 4.78 is 26.5. The molecule has 4 rings (SSSR count). The fourth-order valence-electron chi connectivity index (χ4n) is 4.50. The van der Waals surface area contributed by atoms with Crippen LogP contribution < -0.4 is 5.32 Å². The second kappa shape index (κ2) is 7.68. The number of pyridine rings is 1. The van der Waals surface area contributed by atoms with E-state index in [9.17, 15) is 13.2 Å². The van der Waals surface area contributed by atoms with E-state index in [0.29, 0.717) is 11.3 Å². The van der Waals surface area contributed by atoms with Gasteiger partial charge in [0.05, 0.1) is 35.0 Å². The Morgan fingerprint density at radius 3 is 2.62 bits per heavy atom. The van der Waals surface area contributed by atoms with E-state index in [-0.39, 0.29) is 35.5 Å². The number of carbonyl (C=O) groups excluding carboxylic acids is 1. The fraction of sp³-hybridized carbons (Fsp3) is 0.650. The molecule has 0 aliphatic carbocycles. The van der Waals surface area contributed by atoms with Gasteiger partial charge in [-0.15, -0.1) is 0 Å². The SMILES string of the molecule is Cc1nc2c(cnn2C(C)C)cc1C(=O)NC1CS(=O)(=O)CC1N1CCCCC1. The summed E-state index contributed by atoms with van der Waals surface area (Å²) in [5.41, 5.74) is 1.85. The standard InChI is InChI=1S/C20H29N5O3S/c1-13(2)25-19-15(10-21-25)9-16(14(3)22-19)20(26)23-17-11-29(27,28)12-18(17)24-7-5-4-6-8-24/h9-10,13,17-18H,4-8,11-12H2,1-3H3,(H,23,26). The van der Waals surface area contributed by atoms with Crippen LogP contribution in [0.4, 0.5) is 0 Å². The highest BCUT2D eigenvalue weighted by atomic mass is 32.2. The van der Waals surface area contributed by atoms with Gasteiger partial charge in [-0.2, -0.15) is 5.10 Å². The maximum absolute atomic E-state index is 13.1. The van der Waals surface area contributed by atoms with E-state index < -0.39 is 9.84 Å². The van der Waals surface area contributed by atoms with Crippen LogP contribution in [0.25, 0.3) is 11.0 Å². The summed E-state index contributed by atoms with van der Waals surface area (Å²) in [7, 11) is -3.16. The molecular weight excluding hydrogens is 390 g/mol. The highest BCUT2D eigenvalue weighted by Crippen LogP contribution is 2.24. The fourth-order valence-corrected chi connectivity index (χ4v) is 6.45. The quantitative estimate of drug-likeness (QED) is 0.810. The summed E-state index contributed by atoms with van der Waals surface area (Å²) in [6, 6.07) is 1.44. The molecule has 9 heteroatoms. The normalized spacial score (nSPS) is 25.0. The Kier molecular flexibility index (Phi) is 5.37. The molecular formula is C20H29N5O3S. The summed E-state index contributed by atoms with van der Waals surface area (Å²) >= 11 is 0. The molecule has 1 amide bonds. The number of hydrogen-bond donors (Lipinski definition) is 1. The van der Waals surface area contributed by atoms with Crippen LogP contribution in [-0.2, 0) is 9.84 Å². The Morgan fingerprint density at radius 2 is 1.93 bits per heavy atom. The maximum atomic E-state index is 13.1. The van der Waals surface area contributed by atoms with Crippen LogP contribution >= 0.6 is 0 Å². The molecule has 2 aromatic rings. The lowest BCUT2D eigenvalue weighted by atomic mass is 10.0. The molecule has 2 aliphatic rings. The summed E-state index contributed by atoms with van der Waals surface area (Å²) in [4.78, 5) is 19.9. The topological polar surface area (TPSA) is 97.2 Å². The minimum absolute atomic E-state index is 0.0000902. The molecule has 0 radical (unpaired) electrons. The number of nitrogens with one attached hydrogen (secondary N) is 1. The second-order valence-corrected chi connectivity index (χ2v) is 10.7. The van der Waals surface area contributed by atoms with Crippen LogP contribution in [0.5, 0.6) is 0 Å². The Labute approximate surface area is 171 Å². The first-order chi connectivity index (χ1) is 13.7. The molecule has 1 N–H and O–H groups in total. The number of nitrogens with zero attached hydrogens (tertiary/aromatic N) is 4. The van der Waals surface area contributed by atoms with Crippen molar-refractivity contribution >= 4 is 26.8 Å². The zero-order chi connectivity index (χ0) is 20.8. The molecule has 2 saturated heterocycles. The van der Waals surface area contributed by atoms with Gasteiger partial charge in [-0.1, -0.05) is 6.42 Å². The van der Waals surface area contributed by atoms with E-state index in [1.54, 1.807) is 19.2 Å². The third-order valence-corrected chi connectivity index (χ3v) is 7.71. The van der Waals surface area contributed by atoms with Gasteiger partial charge in [0.15, 0.2) is 15.5 Å². The molecule has 8 nitrogen and oxygen atoms in total.